The molecule has 18 heavy (non-hydrogen) atoms. The van der Waals surface area contributed by atoms with Crippen LogP contribution in [0.3, 0.4) is 0 Å². The molecule has 0 spiro atoms. The van der Waals surface area contributed by atoms with Gasteiger partial charge in [0.1, 0.15) is 5.01 Å². The highest BCUT2D eigenvalue weighted by Crippen LogP contribution is 2.34. The van der Waals surface area contributed by atoms with E-state index in [4.69, 9.17) is 5.73 Å². The maximum atomic E-state index is 13.2. The molecule has 0 aliphatic rings. The third kappa shape index (κ3) is 1.73. The van der Waals surface area contributed by atoms with Crippen LogP contribution < -0.4 is 5.73 Å². The van der Waals surface area contributed by atoms with Gasteiger partial charge in [0, 0.05) is 17.3 Å². The number of rotatable bonds is 1. The molecule has 0 atom stereocenters. The van der Waals surface area contributed by atoms with Gasteiger partial charge in [-0.2, -0.15) is 0 Å². The van der Waals surface area contributed by atoms with Gasteiger partial charge in [0.25, 0.3) is 0 Å². The van der Waals surface area contributed by atoms with Crippen LogP contribution in [0, 0.1) is 11.6 Å². The van der Waals surface area contributed by atoms with Gasteiger partial charge in [-0.3, -0.25) is 0 Å². The number of thiazole rings is 1. The second-order valence-corrected chi connectivity index (χ2v) is 4.87. The Morgan fingerprint density at radius 1 is 1.06 bits per heavy atom. The third-order valence-electron chi connectivity index (χ3n) is 2.62. The zero-order valence-electron chi connectivity index (χ0n) is 9.15. The number of halogens is 2. The number of benzene rings is 2. The van der Waals surface area contributed by atoms with Crippen molar-refractivity contribution < 1.29 is 8.78 Å². The first-order valence-electron chi connectivity index (χ1n) is 5.25. The van der Waals surface area contributed by atoms with E-state index in [1.54, 1.807) is 0 Å². The Bertz CT molecular complexity index is 704. The van der Waals surface area contributed by atoms with E-state index >= 15 is 0 Å². The number of hydrogen-bond acceptors (Lipinski definition) is 3. The number of aromatic nitrogens is 1. The van der Waals surface area contributed by atoms with E-state index in [2.05, 4.69) is 4.98 Å². The molecule has 3 rings (SSSR count). The number of anilines is 1. The van der Waals surface area contributed by atoms with Crippen molar-refractivity contribution in [2.24, 2.45) is 0 Å². The van der Waals surface area contributed by atoms with Crippen LogP contribution in [-0.2, 0) is 0 Å². The summed E-state index contributed by atoms with van der Waals surface area (Å²) >= 11 is 1.40. The number of nitrogen functional groups attached to an aromatic ring is 1. The van der Waals surface area contributed by atoms with E-state index in [9.17, 15) is 8.78 Å². The molecule has 0 bridgehead atoms. The Balaban J connectivity index is 2.22. The molecule has 0 saturated carbocycles. The minimum atomic E-state index is -0.947. The second-order valence-electron chi connectivity index (χ2n) is 3.84. The lowest BCUT2D eigenvalue weighted by Gasteiger charge is -2.02. The lowest BCUT2D eigenvalue weighted by molar-refractivity contribution is 0.509. The Morgan fingerprint density at radius 2 is 1.78 bits per heavy atom. The van der Waals surface area contributed by atoms with E-state index in [0.717, 1.165) is 22.3 Å². The van der Waals surface area contributed by atoms with Gasteiger partial charge in [0.2, 0.25) is 0 Å². The summed E-state index contributed by atoms with van der Waals surface area (Å²) in [6, 6.07) is 9.64. The predicted molar refractivity (Wildman–Crippen MR) is 69.4 cm³/mol. The van der Waals surface area contributed by atoms with Gasteiger partial charge in [0.15, 0.2) is 11.6 Å². The van der Waals surface area contributed by atoms with Gasteiger partial charge in [-0.05, 0) is 18.2 Å². The van der Waals surface area contributed by atoms with E-state index < -0.39 is 11.6 Å². The molecule has 5 heteroatoms. The van der Waals surface area contributed by atoms with Gasteiger partial charge in [-0.15, -0.1) is 11.3 Å². The Kier molecular flexibility index (Phi) is 2.48. The molecule has 2 N–H and O–H groups in total. The van der Waals surface area contributed by atoms with Gasteiger partial charge >= 0.3 is 0 Å². The molecule has 0 aliphatic heterocycles. The number of nitrogens with two attached hydrogens (primary N) is 1. The van der Waals surface area contributed by atoms with Crippen molar-refractivity contribution in [3.63, 3.8) is 0 Å². The summed E-state index contributed by atoms with van der Waals surface area (Å²) in [5, 5.41) is 0.590. The first-order valence-corrected chi connectivity index (χ1v) is 6.07. The molecular weight excluding hydrogens is 254 g/mol. The van der Waals surface area contributed by atoms with Crippen LogP contribution in [-0.4, -0.2) is 4.98 Å². The summed E-state index contributed by atoms with van der Waals surface area (Å²) in [6.45, 7) is 0. The first kappa shape index (κ1) is 11.1. The van der Waals surface area contributed by atoms with Crippen molar-refractivity contribution in [2.45, 2.75) is 0 Å². The second kappa shape index (κ2) is 4.03. The minimum absolute atomic E-state index is 0.188. The zero-order valence-corrected chi connectivity index (χ0v) is 9.97. The highest BCUT2D eigenvalue weighted by atomic mass is 32.1. The van der Waals surface area contributed by atoms with Crippen molar-refractivity contribution in [1.29, 1.82) is 0 Å². The molecule has 1 heterocycles. The topological polar surface area (TPSA) is 38.9 Å². The molecule has 0 saturated heterocycles. The average molecular weight is 262 g/mol. The molecule has 0 unspecified atom stereocenters. The van der Waals surface area contributed by atoms with Crippen LogP contribution in [0.15, 0.2) is 36.4 Å². The van der Waals surface area contributed by atoms with Gasteiger partial charge in [-0.1, -0.05) is 12.1 Å². The lowest BCUT2D eigenvalue weighted by atomic mass is 10.2. The van der Waals surface area contributed by atoms with E-state index in [1.165, 1.54) is 11.3 Å². The summed E-state index contributed by atoms with van der Waals surface area (Å²) in [4.78, 5) is 4.36. The van der Waals surface area contributed by atoms with Gasteiger partial charge in [0.05, 0.1) is 10.2 Å². The van der Waals surface area contributed by atoms with Crippen molar-refractivity contribution in [3.05, 3.63) is 48.0 Å². The maximum Gasteiger partial charge on any atom is 0.160 e. The highest BCUT2D eigenvalue weighted by Gasteiger charge is 2.13. The van der Waals surface area contributed by atoms with Crippen molar-refractivity contribution in [1.82, 2.24) is 4.98 Å². The monoisotopic (exact) mass is 262 g/mol. The molecule has 2 nitrogen and oxygen atoms in total. The highest BCUT2D eigenvalue weighted by molar-refractivity contribution is 7.21. The predicted octanol–water partition coefficient (Wildman–Crippen LogP) is 3.82. The van der Waals surface area contributed by atoms with Gasteiger partial charge in [-0.25, -0.2) is 13.8 Å². The molecule has 0 aliphatic carbocycles. The van der Waals surface area contributed by atoms with Crippen LogP contribution in [0.1, 0.15) is 0 Å². The van der Waals surface area contributed by atoms with Crippen LogP contribution >= 0.6 is 11.3 Å². The summed E-state index contributed by atoms with van der Waals surface area (Å²) in [5.74, 6) is -1.86. The average Bonchev–Trinajstić information content (AvgIpc) is 2.77. The standard InChI is InChI=1S/C13H8F2N2S/c14-8-5-7(10(16)6-9(8)15)13-17-11-3-1-2-4-12(11)18-13/h1-6H,16H2. The van der Waals surface area contributed by atoms with Crippen LogP contribution in [0.2, 0.25) is 0 Å². The minimum Gasteiger partial charge on any atom is -0.398 e. The van der Waals surface area contributed by atoms with Crippen LogP contribution in [0.5, 0.6) is 0 Å². The fourth-order valence-electron chi connectivity index (χ4n) is 1.73. The fraction of sp³-hybridized carbons (Fsp3) is 0. The molecular formula is C13H8F2N2S. The zero-order chi connectivity index (χ0) is 12.7. The molecule has 1 aromatic heterocycles. The lowest BCUT2D eigenvalue weighted by Crippen LogP contribution is -1.94. The number of hydrogen-bond donors (Lipinski definition) is 1. The number of para-hydroxylation sites is 1. The Labute approximate surface area is 106 Å². The van der Waals surface area contributed by atoms with E-state index in [0.29, 0.717) is 10.6 Å². The van der Waals surface area contributed by atoms with E-state index in [-0.39, 0.29) is 5.69 Å². The SMILES string of the molecule is Nc1cc(F)c(F)cc1-c1nc2ccccc2s1. The quantitative estimate of drug-likeness (QED) is 0.677. The summed E-state index contributed by atoms with van der Waals surface area (Å²) in [7, 11) is 0. The smallest absolute Gasteiger partial charge is 0.160 e. The third-order valence-corrected chi connectivity index (χ3v) is 3.69. The Hall–Kier alpha value is -2.01. The summed E-state index contributed by atoms with van der Waals surface area (Å²) in [5.41, 5.74) is 7.14. The van der Waals surface area contributed by atoms with Gasteiger partial charge < -0.3 is 5.73 Å². The molecule has 0 fully saturated rings. The van der Waals surface area contributed by atoms with Crippen molar-refractivity contribution in [2.75, 3.05) is 5.73 Å². The maximum absolute atomic E-state index is 13.2. The first-order chi connectivity index (χ1) is 8.65. The molecule has 0 radical (unpaired) electrons. The Morgan fingerprint density at radius 3 is 2.56 bits per heavy atom. The fourth-order valence-corrected chi connectivity index (χ4v) is 2.74. The number of fused-ring (bicyclic) bond motifs is 1. The number of nitrogens with zero attached hydrogens (tertiary/aromatic N) is 1. The largest absolute Gasteiger partial charge is 0.398 e. The van der Waals surface area contributed by atoms with Crippen LogP contribution in [0.4, 0.5) is 14.5 Å². The van der Waals surface area contributed by atoms with Crippen molar-refractivity contribution in [3.8, 4) is 10.6 Å². The molecule has 3 aromatic rings. The van der Waals surface area contributed by atoms with E-state index in [1.807, 2.05) is 24.3 Å². The summed E-state index contributed by atoms with van der Waals surface area (Å²) in [6.07, 6.45) is 0. The summed E-state index contributed by atoms with van der Waals surface area (Å²) < 4.78 is 27.2. The molecule has 0 amide bonds. The van der Waals surface area contributed by atoms with Crippen LogP contribution in [0.25, 0.3) is 20.8 Å². The molecule has 90 valence electrons. The van der Waals surface area contributed by atoms with Crippen molar-refractivity contribution >= 4 is 27.2 Å². The molecule has 2 aromatic carbocycles. The normalized spacial score (nSPS) is 11.0.